The summed E-state index contributed by atoms with van der Waals surface area (Å²) in [4.78, 5) is 12.6. The summed E-state index contributed by atoms with van der Waals surface area (Å²) in [6.45, 7) is 4.26. The van der Waals surface area contributed by atoms with E-state index >= 15 is 0 Å². The lowest BCUT2D eigenvalue weighted by atomic mass is 9.77. The van der Waals surface area contributed by atoms with Crippen molar-refractivity contribution in [3.63, 3.8) is 0 Å². The van der Waals surface area contributed by atoms with E-state index in [1.807, 2.05) is 0 Å². The number of hydrogen-bond acceptors (Lipinski definition) is 4. The summed E-state index contributed by atoms with van der Waals surface area (Å²) in [6.07, 6.45) is 1.63. The Bertz CT molecular complexity index is 411. The summed E-state index contributed by atoms with van der Waals surface area (Å²) in [5.41, 5.74) is 1.23. The minimum Gasteiger partial charge on any atom is -0.293 e. The van der Waals surface area contributed by atoms with Crippen LogP contribution in [0.2, 0.25) is 0 Å². The van der Waals surface area contributed by atoms with Crippen LogP contribution in [-0.2, 0) is 6.42 Å². The topological polar surface area (TPSA) is 17.1 Å². The number of carbonyl (C=O) groups is 1. The largest absolute Gasteiger partial charge is 0.293 e. The van der Waals surface area contributed by atoms with Gasteiger partial charge in [0.1, 0.15) is 3.82 Å². The summed E-state index contributed by atoms with van der Waals surface area (Å²) in [5.74, 6) is 0.281. The van der Waals surface area contributed by atoms with E-state index in [4.69, 9.17) is 12.2 Å². The fourth-order valence-corrected chi connectivity index (χ4v) is 4.54. The van der Waals surface area contributed by atoms with Crippen molar-refractivity contribution < 1.29 is 4.79 Å². The predicted octanol–water partition coefficient (Wildman–Crippen LogP) is 3.69. The highest BCUT2D eigenvalue weighted by atomic mass is 32.9. The Hall–Kier alpha value is -0.0600. The molecule has 0 unspecified atom stereocenters. The second-order valence-electron chi connectivity index (χ2n) is 4.20. The Balaban J connectivity index is 2.58. The molecule has 1 aromatic rings. The molecule has 0 saturated carbocycles. The number of carbonyl (C=O) groups excluding carboxylic acids is 1. The molecule has 0 fully saturated rings. The van der Waals surface area contributed by atoms with Gasteiger partial charge in [0.2, 0.25) is 0 Å². The zero-order valence-electron chi connectivity index (χ0n) is 7.55. The standard InChI is InChI=1S/C9H10OS3/c1-9(2)3-5-7(6(10)4-9)12-13-8(5)11/h3-4H2,1-2H3. The van der Waals surface area contributed by atoms with Crippen LogP contribution in [0, 0.1) is 9.24 Å². The molecule has 0 N–H and O–H groups in total. The first kappa shape index (κ1) is 9.49. The second kappa shape index (κ2) is 2.97. The van der Waals surface area contributed by atoms with Crippen molar-refractivity contribution in [2.75, 3.05) is 0 Å². The molecule has 0 aromatic carbocycles. The van der Waals surface area contributed by atoms with Crippen LogP contribution >= 0.6 is 32.9 Å². The van der Waals surface area contributed by atoms with Crippen LogP contribution in [-0.4, -0.2) is 5.78 Å². The SMILES string of the molecule is CC1(C)CC(=O)c2ssc(=S)c2C1. The maximum atomic E-state index is 11.7. The Morgan fingerprint density at radius 1 is 1.31 bits per heavy atom. The van der Waals surface area contributed by atoms with Gasteiger partial charge in [-0.1, -0.05) is 46.7 Å². The average molecular weight is 230 g/mol. The summed E-state index contributed by atoms with van der Waals surface area (Å²) in [6, 6.07) is 0. The van der Waals surface area contributed by atoms with Gasteiger partial charge in [-0.05, 0) is 11.8 Å². The average Bonchev–Trinajstić information content (AvgIpc) is 2.30. The molecule has 13 heavy (non-hydrogen) atoms. The van der Waals surface area contributed by atoms with Crippen LogP contribution in [0.1, 0.15) is 35.5 Å². The summed E-state index contributed by atoms with van der Waals surface area (Å²) in [5, 5.41) is 0. The van der Waals surface area contributed by atoms with Gasteiger partial charge in [0.25, 0.3) is 0 Å². The van der Waals surface area contributed by atoms with Gasteiger partial charge >= 0.3 is 0 Å². The molecule has 0 spiro atoms. The third-order valence-corrected chi connectivity index (χ3v) is 5.45. The van der Waals surface area contributed by atoms with Crippen molar-refractivity contribution >= 4 is 38.7 Å². The molecule has 70 valence electrons. The summed E-state index contributed by atoms with van der Waals surface area (Å²) >= 11 is 5.20. The van der Waals surface area contributed by atoms with Gasteiger partial charge in [0, 0.05) is 12.0 Å². The van der Waals surface area contributed by atoms with Crippen molar-refractivity contribution in [3.05, 3.63) is 14.3 Å². The summed E-state index contributed by atoms with van der Waals surface area (Å²) in [7, 11) is 3.11. The van der Waals surface area contributed by atoms with Gasteiger partial charge in [-0.15, -0.1) is 0 Å². The molecule has 0 bridgehead atoms. The van der Waals surface area contributed by atoms with E-state index in [1.54, 1.807) is 20.7 Å². The smallest absolute Gasteiger partial charge is 0.174 e. The number of rotatable bonds is 0. The van der Waals surface area contributed by atoms with Gasteiger partial charge in [0.15, 0.2) is 5.78 Å². The Morgan fingerprint density at radius 3 is 2.69 bits per heavy atom. The van der Waals surface area contributed by atoms with Gasteiger partial charge in [-0.2, -0.15) is 0 Å². The van der Waals surface area contributed by atoms with Crippen LogP contribution in [0.4, 0.5) is 0 Å². The van der Waals surface area contributed by atoms with E-state index in [2.05, 4.69) is 13.8 Å². The second-order valence-corrected chi connectivity index (χ2v) is 7.02. The molecule has 0 aliphatic heterocycles. The third kappa shape index (κ3) is 1.63. The monoisotopic (exact) mass is 230 g/mol. The minimum atomic E-state index is 0.103. The van der Waals surface area contributed by atoms with E-state index in [0.717, 1.165) is 20.7 Å². The highest BCUT2D eigenvalue weighted by Crippen LogP contribution is 2.39. The first-order valence-corrected chi connectivity index (χ1v) is 6.71. The quantitative estimate of drug-likeness (QED) is 0.499. The van der Waals surface area contributed by atoms with E-state index in [1.165, 1.54) is 0 Å². The van der Waals surface area contributed by atoms with Crippen molar-refractivity contribution in [1.82, 2.24) is 0 Å². The minimum absolute atomic E-state index is 0.103. The third-order valence-electron chi connectivity index (χ3n) is 2.27. The molecule has 1 nitrogen and oxygen atoms in total. The lowest BCUT2D eigenvalue weighted by molar-refractivity contribution is 0.0917. The van der Waals surface area contributed by atoms with Crippen molar-refractivity contribution in [2.45, 2.75) is 26.7 Å². The van der Waals surface area contributed by atoms with Crippen LogP contribution in [0.3, 0.4) is 0 Å². The lowest BCUT2D eigenvalue weighted by Gasteiger charge is -2.27. The number of Topliss-reactive ketones (excluding diaryl/α,β-unsaturated/α-hetero) is 1. The molecule has 4 heteroatoms. The Labute approximate surface area is 89.8 Å². The zero-order valence-corrected chi connectivity index (χ0v) is 10.00. The maximum absolute atomic E-state index is 11.7. The maximum Gasteiger partial charge on any atom is 0.174 e. The van der Waals surface area contributed by atoms with Gasteiger partial charge in [-0.25, -0.2) is 0 Å². The van der Waals surface area contributed by atoms with E-state index in [-0.39, 0.29) is 11.2 Å². The van der Waals surface area contributed by atoms with E-state index in [9.17, 15) is 4.79 Å². The molecule has 0 saturated heterocycles. The van der Waals surface area contributed by atoms with Crippen LogP contribution in [0.15, 0.2) is 0 Å². The fourth-order valence-electron chi connectivity index (χ4n) is 1.70. The van der Waals surface area contributed by atoms with E-state index < -0.39 is 0 Å². The fraction of sp³-hybridized carbons (Fsp3) is 0.556. The molecule has 1 aromatic heterocycles. The molecular weight excluding hydrogens is 220 g/mol. The zero-order chi connectivity index (χ0) is 9.64. The van der Waals surface area contributed by atoms with E-state index in [0.29, 0.717) is 6.42 Å². The van der Waals surface area contributed by atoms with Gasteiger partial charge in [0.05, 0.1) is 4.88 Å². The number of fused-ring (bicyclic) bond motifs is 1. The highest BCUT2D eigenvalue weighted by Gasteiger charge is 2.32. The Morgan fingerprint density at radius 2 is 2.00 bits per heavy atom. The number of ketones is 1. The molecule has 0 atom stereocenters. The van der Waals surface area contributed by atoms with Crippen LogP contribution in [0.25, 0.3) is 0 Å². The van der Waals surface area contributed by atoms with Crippen molar-refractivity contribution in [3.8, 4) is 0 Å². The van der Waals surface area contributed by atoms with Gasteiger partial charge in [-0.3, -0.25) is 4.79 Å². The number of hydrogen-bond donors (Lipinski definition) is 0. The molecule has 1 aliphatic carbocycles. The summed E-state index contributed by atoms with van der Waals surface area (Å²) < 4.78 is 0.918. The van der Waals surface area contributed by atoms with Gasteiger partial charge < -0.3 is 0 Å². The van der Waals surface area contributed by atoms with Crippen LogP contribution < -0.4 is 0 Å². The van der Waals surface area contributed by atoms with Crippen molar-refractivity contribution in [1.29, 1.82) is 0 Å². The highest BCUT2D eigenvalue weighted by molar-refractivity contribution is 7.79. The molecule has 0 radical (unpaired) electrons. The molecule has 1 aliphatic rings. The van der Waals surface area contributed by atoms with Crippen LogP contribution in [0.5, 0.6) is 0 Å². The normalized spacial score (nSPS) is 20.0. The molecule has 2 rings (SSSR count). The molecule has 1 heterocycles. The molecular formula is C9H10OS3. The first-order chi connectivity index (χ1) is 5.99. The van der Waals surface area contributed by atoms with Crippen molar-refractivity contribution in [2.24, 2.45) is 5.41 Å². The lowest BCUT2D eigenvalue weighted by Crippen LogP contribution is -2.25. The predicted molar refractivity (Wildman–Crippen MR) is 59.5 cm³/mol. The Kier molecular flexibility index (Phi) is 2.17. The molecule has 0 amide bonds. The first-order valence-electron chi connectivity index (χ1n) is 4.15.